The fourth-order valence-electron chi connectivity index (χ4n) is 3.48. The first-order valence-corrected chi connectivity index (χ1v) is 13.0. The summed E-state index contributed by atoms with van der Waals surface area (Å²) in [4.78, 5) is 0. The molecule has 1 N–H and O–H groups in total. The maximum Gasteiger partial charge on any atom is 0.0785 e. The third-order valence-electron chi connectivity index (χ3n) is 5.22. The van der Waals surface area contributed by atoms with Gasteiger partial charge in [0.2, 0.25) is 0 Å². The first-order chi connectivity index (χ1) is 14.2. The van der Waals surface area contributed by atoms with Crippen LogP contribution in [0.1, 0.15) is 137 Å². The predicted octanol–water partition coefficient (Wildman–Crippen LogP) is 8.08. The van der Waals surface area contributed by atoms with Gasteiger partial charge in [-0.3, -0.25) is 0 Å². The number of aliphatic hydroxyl groups excluding tert-OH is 1. The van der Waals surface area contributed by atoms with Crippen LogP contribution < -0.4 is 0 Å². The molecule has 178 valence electrons. The summed E-state index contributed by atoms with van der Waals surface area (Å²) in [6.45, 7) is 11.7. The topological polar surface area (TPSA) is 38.7 Å². The monoisotopic (exact) mass is 416 g/mol. The molecule has 0 radical (unpaired) electrons. The van der Waals surface area contributed by atoms with Gasteiger partial charge in [0, 0.05) is 6.61 Å². The van der Waals surface area contributed by atoms with Crippen molar-refractivity contribution in [1.29, 1.82) is 0 Å². The Hall–Kier alpha value is -0.120. The first-order valence-electron chi connectivity index (χ1n) is 13.0. The molecule has 0 aliphatic carbocycles. The van der Waals surface area contributed by atoms with E-state index in [0.29, 0.717) is 6.61 Å². The zero-order chi connectivity index (χ0) is 22.0. The number of hydrogen-bond acceptors (Lipinski definition) is 3. The molecule has 0 aromatic rings. The summed E-state index contributed by atoms with van der Waals surface area (Å²) >= 11 is 0. The number of unbranched alkanes of at least 4 members (excludes halogenated alkanes) is 15. The van der Waals surface area contributed by atoms with Crippen LogP contribution in [0.3, 0.4) is 0 Å². The number of ether oxygens (including phenoxy) is 2. The van der Waals surface area contributed by atoms with E-state index in [2.05, 4.69) is 6.92 Å². The molecule has 3 nitrogen and oxygen atoms in total. The lowest BCUT2D eigenvalue weighted by Gasteiger charge is -2.17. The maximum absolute atomic E-state index is 8.95. The third-order valence-corrected chi connectivity index (χ3v) is 5.22. The molecule has 0 aromatic heterocycles. The molecule has 2 unspecified atom stereocenters. The second-order valence-electron chi connectivity index (χ2n) is 8.32. The van der Waals surface area contributed by atoms with Crippen molar-refractivity contribution in [1.82, 2.24) is 0 Å². The second kappa shape index (κ2) is 27.9. The van der Waals surface area contributed by atoms with Crippen LogP contribution in [-0.2, 0) is 9.47 Å². The molecule has 0 aromatic carbocycles. The molecule has 0 aliphatic heterocycles. The summed E-state index contributed by atoms with van der Waals surface area (Å²) in [5.41, 5.74) is 0. The Balaban J connectivity index is 0. The van der Waals surface area contributed by atoms with E-state index in [4.69, 9.17) is 14.6 Å². The van der Waals surface area contributed by atoms with Crippen molar-refractivity contribution < 1.29 is 14.6 Å². The van der Waals surface area contributed by atoms with Crippen molar-refractivity contribution in [3.63, 3.8) is 0 Å². The Labute approximate surface area is 184 Å². The van der Waals surface area contributed by atoms with Crippen LogP contribution in [0.25, 0.3) is 0 Å². The largest absolute Gasteiger partial charge is 0.394 e. The molecule has 0 heterocycles. The molecule has 2 atom stereocenters. The number of hydrogen-bond donors (Lipinski definition) is 1. The predicted molar refractivity (Wildman–Crippen MR) is 129 cm³/mol. The number of aliphatic hydroxyl groups is 1. The van der Waals surface area contributed by atoms with Crippen molar-refractivity contribution in [2.75, 3.05) is 19.8 Å². The van der Waals surface area contributed by atoms with E-state index in [1.165, 1.54) is 96.3 Å². The van der Waals surface area contributed by atoms with E-state index in [1.807, 2.05) is 27.7 Å². The molecule has 0 amide bonds. The minimum atomic E-state index is -0.0980. The smallest absolute Gasteiger partial charge is 0.0785 e. The minimum absolute atomic E-state index is 0.0632. The van der Waals surface area contributed by atoms with Gasteiger partial charge >= 0.3 is 0 Å². The van der Waals surface area contributed by atoms with Crippen molar-refractivity contribution in [2.24, 2.45) is 0 Å². The lowest BCUT2D eigenvalue weighted by Crippen LogP contribution is -2.24. The lowest BCUT2D eigenvalue weighted by atomic mass is 10.0. The van der Waals surface area contributed by atoms with Crippen LogP contribution in [0.2, 0.25) is 0 Å². The summed E-state index contributed by atoms with van der Waals surface area (Å²) in [7, 11) is 0. The van der Waals surface area contributed by atoms with Crippen molar-refractivity contribution in [2.45, 2.75) is 150 Å². The maximum atomic E-state index is 8.95. The van der Waals surface area contributed by atoms with E-state index in [9.17, 15) is 0 Å². The van der Waals surface area contributed by atoms with Gasteiger partial charge in [0.05, 0.1) is 25.4 Å². The number of rotatable bonds is 22. The fourth-order valence-corrected chi connectivity index (χ4v) is 3.48. The fraction of sp³-hybridized carbons (Fsp3) is 1.00. The van der Waals surface area contributed by atoms with Gasteiger partial charge in [0.15, 0.2) is 0 Å². The zero-order valence-electron chi connectivity index (χ0n) is 20.9. The quantitative estimate of drug-likeness (QED) is 0.181. The molecule has 3 heteroatoms. The highest BCUT2D eigenvalue weighted by atomic mass is 16.5. The van der Waals surface area contributed by atoms with Gasteiger partial charge in [-0.15, -0.1) is 0 Å². The highest BCUT2D eigenvalue weighted by Gasteiger charge is 2.07. The summed E-state index contributed by atoms with van der Waals surface area (Å²) in [5.74, 6) is 0. The van der Waals surface area contributed by atoms with E-state index in [-0.39, 0.29) is 18.8 Å². The molecular formula is C26H56O3. The summed E-state index contributed by atoms with van der Waals surface area (Å²) in [6.07, 6.45) is 22.3. The molecule has 0 spiro atoms. The van der Waals surface area contributed by atoms with Gasteiger partial charge in [0.1, 0.15) is 0 Å². The van der Waals surface area contributed by atoms with Crippen LogP contribution in [-0.4, -0.2) is 37.1 Å². The van der Waals surface area contributed by atoms with Crippen LogP contribution in [0.15, 0.2) is 0 Å². The lowest BCUT2D eigenvalue weighted by molar-refractivity contribution is -0.0586. The van der Waals surface area contributed by atoms with Crippen LogP contribution in [0, 0.1) is 0 Å². The summed E-state index contributed by atoms with van der Waals surface area (Å²) in [5, 5.41) is 8.95. The minimum Gasteiger partial charge on any atom is -0.394 e. The van der Waals surface area contributed by atoms with Gasteiger partial charge in [-0.2, -0.15) is 0 Å². The Morgan fingerprint density at radius 2 is 0.966 bits per heavy atom. The van der Waals surface area contributed by atoms with Crippen molar-refractivity contribution in [3.05, 3.63) is 0 Å². The summed E-state index contributed by atoms with van der Waals surface area (Å²) < 4.78 is 11.2. The van der Waals surface area contributed by atoms with Gasteiger partial charge in [-0.25, -0.2) is 0 Å². The van der Waals surface area contributed by atoms with Crippen LogP contribution >= 0.6 is 0 Å². The second-order valence-corrected chi connectivity index (χ2v) is 8.32. The van der Waals surface area contributed by atoms with Gasteiger partial charge in [-0.1, -0.05) is 117 Å². The Bertz CT molecular complexity index is 271. The molecule has 0 saturated carbocycles. The zero-order valence-corrected chi connectivity index (χ0v) is 20.9. The standard InChI is InChI=1S/C24H50O3.C2H6/c1-4-5-6-7-8-9-10-11-12-13-14-15-16-17-18-19-20-26-22-24(3)27-23(2)21-25;1-2/h23-25H,4-22H2,1-3H3;1-2H3. The van der Waals surface area contributed by atoms with E-state index >= 15 is 0 Å². The van der Waals surface area contributed by atoms with Gasteiger partial charge in [0.25, 0.3) is 0 Å². The first kappa shape index (κ1) is 31.1. The third kappa shape index (κ3) is 27.9. The van der Waals surface area contributed by atoms with Gasteiger partial charge in [-0.05, 0) is 20.3 Å². The van der Waals surface area contributed by atoms with Crippen LogP contribution in [0.4, 0.5) is 0 Å². The van der Waals surface area contributed by atoms with Gasteiger partial charge < -0.3 is 14.6 Å². The van der Waals surface area contributed by atoms with Crippen molar-refractivity contribution in [3.8, 4) is 0 Å². The average Bonchev–Trinajstić information content (AvgIpc) is 2.74. The molecular weight excluding hydrogens is 360 g/mol. The molecule has 0 aliphatic rings. The van der Waals surface area contributed by atoms with E-state index < -0.39 is 0 Å². The highest BCUT2D eigenvalue weighted by Crippen LogP contribution is 2.13. The highest BCUT2D eigenvalue weighted by molar-refractivity contribution is 4.53. The van der Waals surface area contributed by atoms with Crippen LogP contribution in [0.5, 0.6) is 0 Å². The summed E-state index contributed by atoms with van der Waals surface area (Å²) in [6, 6.07) is 0. The normalized spacial score (nSPS) is 13.0. The molecule has 0 saturated heterocycles. The van der Waals surface area contributed by atoms with E-state index in [1.54, 1.807) is 0 Å². The molecule has 0 bridgehead atoms. The van der Waals surface area contributed by atoms with Crippen molar-refractivity contribution >= 4 is 0 Å². The SMILES string of the molecule is CC.CCCCCCCCCCCCCCCCCCOCC(C)OC(C)CO. The Kier molecular flexibility index (Phi) is 29.9. The average molecular weight is 417 g/mol. The molecule has 0 rings (SSSR count). The molecule has 0 fully saturated rings. The Morgan fingerprint density at radius 3 is 1.34 bits per heavy atom. The molecule has 29 heavy (non-hydrogen) atoms. The Morgan fingerprint density at radius 1 is 0.586 bits per heavy atom. The van der Waals surface area contributed by atoms with E-state index in [0.717, 1.165) is 13.0 Å².